The fourth-order valence-electron chi connectivity index (χ4n) is 3.26. The van der Waals surface area contributed by atoms with E-state index in [-0.39, 0.29) is 30.1 Å². The first-order valence-electron chi connectivity index (χ1n) is 11.4. The predicted molar refractivity (Wildman–Crippen MR) is 137 cm³/mol. The molecule has 0 fully saturated rings. The van der Waals surface area contributed by atoms with Gasteiger partial charge in [-0.25, -0.2) is 4.79 Å². The van der Waals surface area contributed by atoms with Crippen molar-refractivity contribution in [3.8, 4) is 5.75 Å². The Morgan fingerprint density at radius 2 is 1.69 bits per heavy atom. The number of esters is 1. The summed E-state index contributed by atoms with van der Waals surface area (Å²) < 4.78 is 12.2. The Morgan fingerprint density at radius 1 is 1.00 bits per heavy atom. The lowest BCUT2D eigenvalue weighted by Crippen LogP contribution is -2.18. The Bertz CT molecular complexity index is 1230. The minimum absolute atomic E-state index is 0.0318. The second-order valence-electron chi connectivity index (χ2n) is 7.97. The van der Waals surface area contributed by atoms with Gasteiger partial charge in [0.15, 0.2) is 5.16 Å². The van der Waals surface area contributed by atoms with Gasteiger partial charge in [-0.15, -0.1) is 10.2 Å². The largest absolute Gasteiger partial charge is 0.497 e. The molecule has 2 amide bonds. The minimum atomic E-state index is -0.450. The van der Waals surface area contributed by atoms with Crippen molar-refractivity contribution < 1.29 is 23.9 Å². The molecule has 0 saturated carbocycles. The molecule has 2 aromatic carbocycles. The van der Waals surface area contributed by atoms with Crippen molar-refractivity contribution in [1.29, 1.82) is 0 Å². The SMILES string of the molecule is CCn1c(CC(=O)Nc2cccc(OC)c2)nnc1SCC(=O)Nc1cccc(C(=O)OC(C)C)c1. The third-order valence-corrected chi connectivity index (χ3v) is 5.81. The summed E-state index contributed by atoms with van der Waals surface area (Å²) in [7, 11) is 1.56. The first-order chi connectivity index (χ1) is 17.3. The number of thioether (sulfide) groups is 1. The number of benzene rings is 2. The van der Waals surface area contributed by atoms with Gasteiger partial charge in [-0.3, -0.25) is 9.59 Å². The number of hydrogen-bond acceptors (Lipinski definition) is 8. The molecule has 3 rings (SSSR count). The molecule has 1 aromatic heterocycles. The van der Waals surface area contributed by atoms with Crippen LogP contribution in [0, 0.1) is 0 Å². The molecule has 0 spiro atoms. The van der Waals surface area contributed by atoms with Crippen LogP contribution in [-0.4, -0.2) is 51.5 Å². The highest BCUT2D eigenvalue weighted by Gasteiger charge is 2.17. The third-order valence-electron chi connectivity index (χ3n) is 4.84. The lowest BCUT2D eigenvalue weighted by atomic mass is 10.2. The summed E-state index contributed by atoms with van der Waals surface area (Å²) in [6, 6.07) is 13.7. The number of nitrogens with one attached hydrogen (secondary N) is 2. The number of carbonyl (C=O) groups is 3. The topological polar surface area (TPSA) is 124 Å². The summed E-state index contributed by atoms with van der Waals surface area (Å²) in [4.78, 5) is 37.1. The van der Waals surface area contributed by atoms with E-state index in [1.807, 2.05) is 6.92 Å². The van der Waals surface area contributed by atoms with Crippen LogP contribution in [-0.2, 0) is 27.3 Å². The zero-order chi connectivity index (χ0) is 26.1. The molecule has 190 valence electrons. The Morgan fingerprint density at radius 3 is 2.39 bits per heavy atom. The smallest absolute Gasteiger partial charge is 0.338 e. The van der Waals surface area contributed by atoms with Gasteiger partial charge in [-0.1, -0.05) is 23.9 Å². The summed E-state index contributed by atoms with van der Waals surface area (Å²) >= 11 is 1.21. The average molecular weight is 512 g/mol. The molecule has 0 radical (unpaired) electrons. The second-order valence-corrected chi connectivity index (χ2v) is 8.91. The van der Waals surface area contributed by atoms with Crippen LogP contribution in [0.3, 0.4) is 0 Å². The molecule has 0 aliphatic carbocycles. The molecule has 0 aliphatic rings. The van der Waals surface area contributed by atoms with E-state index >= 15 is 0 Å². The summed E-state index contributed by atoms with van der Waals surface area (Å²) in [6.07, 6.45) is -0.203. The lowest BCUT2D eigenvalue weighted by molar-refractivity contribution is -0.116. The molecule has 10 nitrogen and oxygen atoms in total. The number of anilines is 2. The van der Waals surface area contributed by atoms with E-state index in [9.17, 15) is 14.4 Å². The van der Waals surface area contributed by atoms with Crippen molar-refractivity contribution in [2.24, 2.45) is 0 Å². The van der Waals surface area contributed by atoms with Crippen LogP contribution < -0.4 is 15.4 Å². The van der Waals surface area contributed by atoms with Crippen LogP contribution in [0.4, 0.5) is 11.4 Å². The maximum absolute atomic E-state index is 12.5. The number of rotatable bonds is 11. The number of amides is 2. The highest BCUT2D eigenvalue weighted by molar-refractivity contribution is 7.99. The molecule has 0 atom stereocenters. The Kier molecular flexibility index (Phi) is 9.46. The van der Waals surface area contributed by atoms with E-state index in [1.165, 1.54) is 11.8 Å². The maximum atomic E-state index is 12.5. The molecule has 11 heteroatoms. The molecular weight excluding hydrogens is 482 g/mol. The fourth-order valence-corrected chi connectivity index (χ4v) is 4.08. The summed E-state index contributed by atoms with van der Waals surface area (Å²) in [6.45, 7) is 6.00. The molecule has 1 heterocycles. The van der Waals surface area contributed by atoms with Gasteiger partial charge in [0.2, 0.25) is 11.8 Å². The second kappa shape index (κ2) is 12.7. The van der Waals surface area contributed by atoms with Crippen LogP contribution >= 0.6 is 11.8 Å². The first-order valence-corrected chi connectivity index (χ1v) is 12.4. The third kappa shape index (κ3) is 7.57. The van der Waals surface area contributed by atoms with Gasteiger partial charge in [0.1, 0.15) is 11.6 Å². The number of aromatic nitrogens is 3. The quantitative estimate of drug-likeness (QED) is 0.294. The van der Waals surface area contributed by atoms with Crippen molar-refractivity contribution in [3.05, 3.63) is 59.9 Å². The molecule has 2 N–H and O–H groups in total. The van der Waals surface area contributed by atoms with Crippen LogP contribution in [0.1, 0.15) is 37.0 Å². The standard InChI is InChI=1S/C25H29N5O5S/c1-5-30-21(14-22(31)26-19-10-7-11-20(13-19)34-4)28-29-25(30)36-15-23(32)27-18-9-6-8-17(12-18)24(33)35-16(2)3/h6-13,16H,5,14-15H2,1-4H3,(H,26,31)(H,27,32). The first kappa shape index (κ1) is 26.7. The predicted octanol–water partition coefficient (Wildman–Crippen LogP) is 3.78. The number of ether oxygens (including phenoxy) is 2. The number of carbonyl (C=O) groups excluding carboxylic acids is 3. The van der Waals surface area contributed by atoms with E-state index in [0.717, 1.165) is 0 Å². The van der Waals surface area contributed by atoms with Crippen molar-refractivity contribution in [3.63, 3.8) is 0 Å². The maximum Gasteiger partial charge on any atom is 0.338 e. The molecule has 0 saturated heterocycles. The number of nitrogens with zero attached hydrogens (tertiary/aromatic N) is 3. The average Bonchev–Trinajstić information content (AvgIpc) is 3.23. The van der Waals surface area contributed by atoms with Crippen LogP contribution in [0.25, 0.3) is 0 Å². The van der Waals surface area contributed by atoms with Crippen LogP contribution in [0.2, 0.25) is 0 Å². The lowest BCUT2D eigenvalue weighted by Gasteiger charge is -2.10. The van der Waals surface area contributed by atoms with E-state index in [1.54, 1.807) is 74.1 Å². The van der Waals surface area contributed by atoms with Crippen molar-refractivity contribution >= 4 is 40.9 Å². The van der Waals surface area contributed by atoms with Crippen LogP contribution in [0.5, 0.6) is 5.75 Å². The van der Waals surface area contributed by atoms with E-state index in [2.05, 4.69) is 20.8 Å². The van der Waals surface area contributed by atoms with Crippen molar-refractivity contribution in [1.82, 2.24) is 14.8 Å². The minimum Gasteiger partial charge on any atom is -0.497 e. The van der Waals surface area contributed by atoms with Gasteiger partial charge in [-0.2, -0.15) is 0 Å². The number of methoxy groups -OCH3 is 1. The van der Waals surface area contributed by atoms with Gasteiger partial charge < -0.3 is 24.7 Å². The Labute approximate surface area is 213 Å². The highest BCUT2D eigenvalue weighted by atomic mass is 32.2. The highest BCUT2D eigenvalue weighted by Crippen LogP contribution is 2.20. The van der Waals surface area contributed by atoms with E-state index < -0.39 is 5.97 Å². The molecule has 0 unspecified atom stereocenters. The van der Waals surface area contributed by atoms with Gasteiger partial charge in [0.05, 0.1) is 31.0 Å². The fraction of sp³-hybridized carbons (Fsp3) is 0.320. The zero-order valence-corrected chi connectivity index (χ0v) is 21.4. The molecule has 0 bridgehead atoms. The molecule has 3 aromatic rings. The molecular formula is C25H29N5O5S. The molecule has 36 heavy (non-hydrogen) atoms. The summed E-state index contributed by atoms with van der Waals surface area (Å²) in [5.41, 5.74) is 1.47. The van der Waals surface area contributed by atoms with Gasteiger partial charge in [0, 0.05) is 24.0 Å². The van der Waals surface area contributed by atoms with Gasteiger partial charge in [0.25, 0.3) is 0 Å². The molecule has 0 aliphatic heterocycles. The zero-order valence-electron chi connectivity index (χ0n) is 20.6. The summed E-state index contributed by atoms with van der Waals surface area (Å²) in [5, 5.41) is 14.4. The Balaban J connectivity index is 1.57. The Hall–Kier alpha value is -3.86. The van der Waals surface area contributed by atoms with Gasteiger partial charge >= 0.3 is 5.97 Å². The van der Waals surface area contributed by atoms with E-state index in [0.29, 0.717) is 40.2 Å². The van der Waals surface area contributed by atoms with Gasteiger partial charge in [-0.05, 0) is 51.1 Å². The monoisotopic (exact) mass is 511 g/mol. The summed E-state index contributed by atoms with van der Waals surface area (Å²) in [5.74, 6) is 0.262. The normalized spacial score (nSPS) is 10.7. The van der Waals surface area contributed by atoms with E-state index in [4.69, 9.17) is 9.47 Å². The van der Waals surface area contributed by atoms with Crippen molar-refractivity contribution in [2.75, 3.05) is 23.5 Å². The van der Waals surface area contributed by atoms with Crippen LogP contribution in [0.15, 0.2) is 53.7 Å². The number of hydrogen-bond donors (Lipinski definition) is 2. The van der Waals surface area contributed by atoms with Crippen molar-refractivity contribution in [2.45, 2.75) is 45.0 Å².